The standard InChI is InChI=1S/C15H22N2O/c1-11-5-2-3-6-12(11)9-10-15(18)17-14-8-4-7-13(14)16/h2-3,5-6,13-14H,4,7-10,16H2,1H3,(H,17,18). The molecular formula is C15H22N2O. The van der Waals surface area contributed by atoms with E-state index in [2.05, 4.69) is 24.4 Å². The molecule has 1 aliphatic carbocycles. The van der Waals surface area contributed by atoms with Crippen molar-refractivity contribution >= 4 is 5.91 Å². The number of aryl methyl sites for hydroxylation is 2. The first-order valence-corrected chi connectivity index (χ1v) is 6.76. The van der Waals surface area contributed by atoms with Gasteiger partial charge in [-0.1, -0.05) is 24.3 Å². The lowest BCUT2D eigenvalue weighted by atomic mass is 10.0. The van der Waals surface area contributed by atoms with Crippen molar-refractivity contribution in [2.24, 2.45) is 5.73 Å². The quantitative estimate of drug-likeness (QED) is 0.853. The van der Waals surface area contributed by atoms with Crippen molar-refractivity contribution in [3.63, 3.8) is 0 Å². The highest BCUT2D eigenvalue weighted by molar-refractivity contribution is 5.76. The number of nitrogens with two attached hydrogens (primary N) is 1. The fourth-order valence-corrected chi connectivity index (χ4v) is 2.59. The molecule has 2 unspecified atom stereocenters. The molecule has 18 heavy (non-hydrogen) atoms. The van der Waals surface area contributed by atoms with Crippen LogP contribution in [-0.2, 0) is 11.2 Å². The van der Waals surface area contributed by atoms with Crippen LogP contribution >= 0.6 is 0 Å². The molecule has 0 radical (unpaired) electrons. The molecule has 0 heterocycles. The zero-order valence-corrected chi connectivity index (χ0v) is 11.0. The normalized spacial score (nSPS) is 23.0. The average molecular weight is 246 g/mol. The first kappa shape index (κ1) is 13.1. The van der Waals surface area contributed by atoms with Crippen LogP contribution in [0.4, 0.5) is 0 Å². The molecule has 1 aromatic carbocycles. The van der Waals surface area contributed by atoms with Crippen LogP contribution in [0.25, 0.3) is 0 Å². The Kier molecular flexibility index (Phi) is 4.37. The van der Waals surface area contributed by atoms with Crippen molar-refractivity contribution in [1.29, 1.82) is 0 Å². The van der Waals surface area contributed by atoms with Crippen molar-refractivity contribution in [3.05, 3.63) is 35.4 Å². The van der Waals surface area contributed by atoms with Crippen molar-refractivity contribution in [2.75, 3.05) is 0 Å². The fourth-order valence-electron chi connectivity index (χ4n) is 2.59. The number of carbonyl (C=O) groups is 1. The molecule has 1 amide bonds. The van der Waals surface area contributed by atoms with E-state index in [9.17, 15) is 4.79 Å². The lowest BCUT2D eigenvalue weighted by molar-refractivity contribution is -0.121. The minimum absolute atomic E-state index is 0.126. The molecule has 1 aliphatic rings. The number of hydrogen-bond acceptors (Lipinski definition) is 2. The largest absolute Gasteiger partial charge is 0.352 e. The second-order valence-corrected chi connectivity index (χ2v) is 5.20. The van der Waals surface area contributed by atoms with E-state index in [-0.39, 0.29) is 18.0 Å². The fraction of sp³-hybridized carbons (Fsp3) is 0.533. The summed E-state index contributed by atoms with van der Waals surface area (Å²) < 4.78 is 0. The van der Waals surface area contributed by atoms with Gasteiger partial charge in [0.15, 0.2) is 0 Å². The summed E-state index contributed by atoms with van der Waals surface area (Å²) in [5, 5.41) is 3.05. The van der Waals surface area contributed by atoms with Gasteiger partial charge in [0.25, 0.3) is 0 Å². The predicted octanol–water partition coefficient (Wildman–Crippen LogP) is 1.92. The molecule has 1 fully saturated rings. The SMILES string of the molecule is Cc1ccccc1CCC(=O)NC1CCCC1N. The van der Waals surface area contributed by atoms with Crippen molar-refractivity contribution in [3.8, 4) is 0 Å². The number of nitrogens with one attached hydrogen (secondary N) is 1. The van der Waals surface area contributed by atoms with Crippen LogP contribution in [0.5, 0.6) is 0 Å². The van der Waals surface area contributed by atoms with E-state index in [1.165, 1.54) is 11.1 Å². The second-order valence-electron chi connectivity index (χ2n) is 5.20. The van der Waals surface area contributed by atoms with Crippen LogP contribution in [0, 0.1) is 6.92 Å². The number of hydrogen-bond donors (Lipinski definition) is 2. The average Bonchev–Trinajstić information content (AvgIpc) is 2.74. The summed E-state index contributed by atoms with van der Waals surface area (Å²) in [6, 6.07) is 8.55. The molecule has 0 bridgehead atoms. The van der Waals surface area contributed by atoms with E-state index in [0.717, 1.165) is 25.7 Å². The molecule has 1 aromatic rings. The van der Waals surface area contributed by atoms with Crippen LogP contribution in [-0.4, -0.2) is 18.0 Å². The summed E-state index contributed by atoms with van der Waals surface area (Å²) in [7, 11) is 0. The molecule has 2 atom stereocenters. The summed E-state index contributed by atoms with van der Waals surface area (Å²) in [4.78, 5) is 11.9. The molecule has 1 saturated carbocycles. The summed E-state index contributed by atoms with van der Waals surface area (Å²) in [6.07, 6.45) is 4.54. The summed E-state index contributed by atoms with van der Waals surface area (Å²) in [5.74, 6) is 0.126. The van der Waals surface area contributed by atoms with Crippen molar-refractivity contribution < 1.29 is 4.79 Å². The number of carbonyl (C=O) groups excluding carboxylic acids is 1. The van der Waals surface area contributed by atoms with E-state index in [0.29, 0.717) is 6.42 Å². The zero-order valence-electron chi connectivity index (χ0n) is 11.0. The van der Waals surface area contributed by atoms with Gasteiger partial charge in [-0.25, -0.2) is 0 Å². The topological polar surface area (TPSA) is 55.1 Å². The Morgan fingerprint density at radius 2 is 2.17 bits per heavy atom. The van der Waals surface area contributed by atoms with Gasteiger partial charge in [0, 0.05) is 18.5 Å². The van der Waals surface area contributed by atoms with Crippen LogP contribution in [0.3, 0.4) is 0 Å². The number of rotatable bonds is 4. The molecule has 0 aromatic heterocycles. The summed E-state index contributed by atoms with van der Waals surface area (Å²) in [5.41, 5.74) is 8.45. The predicted molar refractivity (Wildman–Crippen MR) is 73.3 cm³/mol. The summed E-state index contributed by atoms with van der Waals surface area (Å²) >= 11 is 0. The lowest BCUT2D eigenvalue weighted by Gasteiger charge is -2.17. The maximum absolute atomic E-state index is 11.9. The molecule has 2 rings (SSSR count). The highest BCUT2D eigenvalue weighted by Gasteiger charge is 2.24. The lowest BCUT2D eigenvalue weighted by Crippen LogP contribution is -2.44. The van der Waals surface area contributed by atoms with E-state index < -0.39 is 0 Å². The Morgan fingerprint density at radius 3 is 2.83 bits per heavy atom. The third-order valence-corrected chi connectivity index (χ3v) is 3.80. The molecule has 0 saturated heterocycles. The van der Waals surface area contributed by atoms with Gasteiger partial charge in [-0.15, -0.1) is 0 Å². The van der Waals surface area contributed by atoms with Gasteiger partial charge in [0.2, 0.25) is 5.91 Å². The molecule has 0 spiro atoms. The molecule has 98 valence electrons. The second kappa shape index (κ2) is 6.01. The van der Waals surface area contributed by atoms with E-state index in [4.69, 9.17) is 5.73 Å². The molecule has 3 heteroatoms. The van der Waals surface area contributed by atoms with Gasteiger partial charge in [0.05, 0.1) is 0 Å². The van der Waals surface area contributed by atoms with Gasteiger partial charge in [-0.2, -0.15) is 0 Å². The third kappa shape index (κ3) is 3.33. The van der Waals surface area contributed by atoms with Crippen molar-refractivity contribution in [1.82, 2.24) is 5.32 Å². The number of benzene rings is 1. The van der Waals surface area contributed by atoms with Crippen LogP contribution in [0.15, 0.2) is 24.3 Å². The van der Waals surface area contributed by atoms with Gasteiger partial charge in [0.1, 0.15) is 0 Å². The van der Waals surface area contributed by atoms with E-state index in [1.54, 1.807) is 0 Å². The monoisotopic (exact) mass is 246 g/mol. The van der Waals surface area contributed by atoms with Crippen LogP contribution in [0.2, 0.25) is 0 Å². The Morgan fingerprint density at radius 1 is 1.39 bits per heavy atom. The minimum atomic E-state index is 0.126. The third-order valence-electron chi connectivity index (χ3n) is 3.80. The molecule has 3 nitrogen and oxygen atoms in total. The zero-order chi connectivity index (χ0) is 13.0. The molecular weight excluding hydrogens is 224 g/mol. The highest BCUT2D eigenvalue weighted by atomic mass is 16.1. The van der Waals surface area contributed by atoms with E-state index >= 15 is 0 Å². The maximum atomic E-state index is 11.9. The molecule has 0 aliphatic heterocycles. The Balaban J connectivity index is 1.80. The first-order valence-electron chi connectivity index (χ1n) is 6.76. The van der Waals surface area contributed by atoms with E-state index in [1.807, 2.05) is 12.1 Å². The van der Waals surface area contributed by atoms with Gasteiger partial charge < -0.3 is 11.1 Å². The van der Waals surface area contributed by atoms with Gasteiger partial charge in [-0.3, -0.25) is 4.79 Å². The Labute approximate surface area is 109 Å². The van der Waals surface area contributed by atoms with Crippen LogP contribution < -0.4 is 11.1 Å². The highest BCUT2D eigenvalue weighted by Crippen LogP contribution is 2.17. The smallest absolute Gasteiger partial charge is 0.220 e. The first-order chi connectivity index (χ1) is 8.66. The maximum Gasteiger partial charge on any atom is 0.220 e. The van der Waals surface area contributed by atoms with Gasteiger partial charge >= 0.3 is 0 Å². The molecule has 3 N–H and O–H groups in total. The Hall–Kier alpha value is -1.35. The van der Waals surface area contributed by atoms with Crippen molar-refractivity contribution in [2.45, 2.75) is 51.1 Å². The van der Waals surface area contributed by atoms with Gasteiger partial charge in [-0.05, 0) is 43.7 Å². The summed E-state index contributed by atoms with van der Waals surface area (Å²) in [6.45, 7) is 2.08. The minimum Gasteiger partial charge on any atom is -0.352 e. The Bertz CT molecular complexity index is 417. The van der Waals surface area contributed by atoms with Crippen LogP contribution in [0.1, 0.15) is 36.8 Å². The number of amides is 1.